The highest BCUT2D eigenvalue weighted by Gasteiger charge is 2.25. The van der Waals surface area contributed by atoms with Crippen molar-refractivity contribution in [2.24, 2.45) is 0 Å². The first-order chi connectivity index (χ1) is 10.6. The molecule has 6 heteroatoms. The smallest absolute Gasteiger partial charge is 0.465 e. The molecule has 1 aliphatic heterocycles. The summed E-state index contributed by atoms with van der Waals surface area (Å²) in [5, 5.41) is 8.97. The van der Waals surface area contributed by atoms with Crippen molar-refractivity contribution < 1.29 is 19.2 Å². The summed E-state index contributed by atoms with van der Waals surface area (Å²) in [5.41, 5.74) is 3.74. The first kappa shape index (κ1) is 14.6. The number of hydrogen-bond donors (Lipinski definition) is 1. The highest BCUT2D eigenvalue weighted by Crippen LogP contribution is 2.17. The summed E-state index contributed by atoms with van der Waals surface area (Å²) in [7, 11) is 1.06. The molecule has 0 radical (unpaired) electrons. The molecule has 0 unspecified atom stereocenters. The fourth-order valence-electron chi connectivity index (χ4n) is 2.38. The molecule has 3 rings (SSSR count). The Kier molecular flexibility index (Phi) is 4.13. The van der Waals surface area contributed by atoms with E-state index in [1.54, 1.807) is 12.1 Å². The van der Waals surface area contributed by atoms with Gasteiger partial charge in [0.25, 0.3) is 0 Å². The average Bonchev–Trinajstić information content (AvgIpc) is 2.77. The van der Waals surface area contributed by atoms with Crippen molar-refractivity contribution in [3.63, 3.8) is 0 Å². The van der Waals surface area contributed by atoms with Crippen molar-refractivity contribution in [2.75, 3.05) is 11.9 Å². The van der Waals surface area contributed by atoms with Crippen LogP contribution in [-0.4, -0.2) is 25.4 Å². The Hall–Kier alpha value is -2.31. The third-order valence-electron chi connectivity index (χ3n) is 3.74. The van der Waals surface area contributed by atoms with Gasteiger partial charge in [-0.2, -0.15) is 0 Å². The Bertz CT molecular complexity index is 647. The average molecular weight is 297 g/mol. The van der Waals surface area contributed by atoms with Crippen LogP contribution in [0.3, 0.4) is 0 Å². The second kappa shape index (κ2) is 6.21. The molecule has 0 atom stereocenters. The van der Waals surface area contributed by atoms with Crippen LogP contribution in [0.15, 0.2) is 48.5 Å². The Balaban J connectivity index is 1.74. The van der Waals surface area contributed by atoms with Gasteiger partial charge in [-0.1, -0.05) is 36.4 Å². The minimum Gasteiger partial charge on any atom is -0.465 e. The molecule has 0 aromatic heterocycles. The van der Waals surface area contributed by atoms with Gasteiger partial charge in [-0.25, -0.2) is 4.79 Å². The number of anilines is 1. The molecule has 1 aliphatic rings. The van der Waals surface area contributed by atoms with Gasteiger partial charge in [-0.3, -0.25) is 4.90 Å². The topological polar surface area (TPSA) is 59.0 Å². The maximum Gasteiger partial charge on any atom is 0.494 e. The van der Waals surface area contributed by atoms with E-state index in [2.05, 4.69) is 0 Å². The molecule has 1 N–H and O–H groups in total. The van der Waals surface area contributed by atoms with Crippen LogP contribution in [-0.2, 0) is 22.5 Å². The van der Waals surface area contributed by atoms with Crippen molar-refractivity contribution in [3.05, 3.63) is 59.7 Å². The molecular weight excluding hydrogens is 281 g/mol. The molecule has 0 saturated carbocycles. The predicted molar refractivity (Wildman–Crippen MR) is 84.3 cm³/mol. The molecule has 0 saturated heterocycles. The lowest BCUT2D eigenvalue weighted by Gasteiger charge is -2.15. The first-order valence-electron chi connectivity index (χ1n) is 7.02. The normalized spacial score (nSPS) is 14.1. The molecule has 1 amide bonds. The van der Waals surface area contributed by atoms with E-state index in [1.807, 2.05) is 36.4 Å². The van der Waals surface area contributed by atoms with E-state index in [1.165, 1.54) is 7.05 Å². The second-order valence-electron chi connectivity index (χ2n) is 5.16. The van der Waals surface area contributed by atoms with E-state index in [9.17, 15) is 4.79 Å². The summed E-state index contributed by atoms with van der Waals surface area (Å²) in [4.78, 5) is 12.1. The Labute approximate surface area is 129 Å². The van der Waals surface area contributed by atoms with E-state index in [4.69, 9.17) is 14.4 Å². The van der Waals surface area contributed by atoms with Gasteiger partial charge in [0.1, 0.15) is 0 Å². The van der Waals surface area contributed by atoms with Crippen LogP contribution in [0.2, 0.25) is 0 Å². The number of carbonyl (C=O) groups is 1. The van der Waals surface area contributed by atoms with Gasteiger partial charge >= 0.3 is 13.2 Å². The summed E-state index contributed by atoms with van der Waals surface area (Å²) in [6.45, 7) is 0.995. The second-order valence-corrected chi connectivity index (χ2v) is 5.16. The van der Waals surface area contributed by atoms with Crippen LogP contribution in [0, 0.1) is 0 Å². The fourth-order valence-corrected chi connectivity index (χ4v) is 2.38. The molecule has 5 nitrogen and oxygen atoms in total. The van der Waals surface area contributed by atoms with E-state index >= 15 is 0 Å². The molecule has 22 heavy (non-hydrogen) atoms. The third-order valence-corrected chi connectivity index (χ3v) is 3.74. The minimum atomic E-state index is -0.995. The lowest BCUT2D eigenvalue weighted by atomic mass is 9.79. The summed E-state index contributed by atoms with van der Waals surface area (Å²) in [6, 6.07) is 15.2. The molecule has 2 aromatic carbocycles. The van der Waals surface area contributed by atoms with Crippen molar-refractivity contribution in [3.8, 4) is 0 Å². The van der Waals surface area contributed by atoms with E-state index in [0.29, 0.717) is 18.9 Å². The summed E-state index contributed by atoms with van der Waals surface area (Å²) in [5.74, 6) is 0. The van der Waals surface area contributed by atoms with Gasteiger partial charge in [0.15, 0.2) is 0 Å². The Morgan fingerprint density at radius 3 is 2.09 bits per heavy atom. The van der Waals surface area contributed by atoms with Crippen LogP contribution in [0.4, 0.5) is 10.5 Å². The Morgan fingerprint density at radius 1 is 1.05 bits per heavy atom. The summed E-state index contributed by atoms with van der Waals surface area (Å²) < 4.78 is 11.6. The largest absolute Gasteiger partial charge is 0.494 e. The maximum atomic E-state index is 10.9. The molecule has 2 aromatic rings. The van der Waals surface area contributed by atoms with E-state index < -0.39 is 13.2 Å². The van der Waals surface area contributed by atoms with Crippen LogP contribution in [0.25, 0.3) is 0 Å². The van der Waals surface area contributed by atoms with E-state index in [0.717, 1.165) is 21.5 Å². The number of benzene rings is 2. The van der Waals surface area contributed by atoms with Gasteiger partial charge in [-0.05, 0) is 28.7 Å². The quantitative estimate of drug-likeness (QED) is 0.864. The minimum absolute atomic E-state index is 0.448. The van der Waals surface area contributed by atoms with Crippen molar-refractivity contribution >= 4 is 24.4 Å². The molecule has 112 valence electrons. The zero-order valence-electron chi connectivity index (χ0n) is 12.2. The van der Waals surface area contributed by atoms with Gasteiger partial charge < -0.3 is 14.4 Å². The lowest BCUT2D eigenvalue weighted by molar-refractivity contribution is 0.203. The number of nitrogens with zero attached hydrogens (tertiary/aromatic N) is 1. The summed E-state index contributed by atoms with van der Waals surface area (Å²) >= 11 is 0. The molecule has 0 bridgehead atoms. The molecular formula is C16H16BNO4. The molecule has 0 aliphatic carbocycles. The van der Waals surface area contributed by atoms with Gasteiger partial charge in [-0.15, -0.1) is 0 Å². The number of rotatable bonds is 2. The molecule has 0 fully saturated rings. The number of carboxylic acid groups (broad SMARTS) is 1. The fraction of sp³-hybridized carbons (Fsp3) is 0.188. The van der Waals surface area contributed by atoms with Gasteiger partial charge in [0, 0.05) is 12.7 Å². The first-order valence-corrected chi connectivity index (χ1v) is 7.02. The predicted octanol–water partition coefficient (Wildman–Crippen LogP) is 2.24. The standard InChI is InChI=1S/C16H16BNO4/c1-18(16(19)20)15-8-6-14(7-9-15)17-21-10-12-4-2-3-5-13(12)11-22-17/h2-9H,10-11H2,1H3,(H,19,20). The number of amides is 1. The maximum absolute atomic E-state index is 10.9. The van der Waals surface area contributed by atoms with Gasteiger partial charge in [0.2, 0.25) is 0 Å². The van der Waals surface area contributed by atoms with Crippen LogP contribution in [0.1, 0.15) is 11.1 Å². The number of hydrogen-bond acceptors (Lipinski definition) is 3. The SMILES string of the molecule is CN(C(=O)O)c1ccc(B2OCc3ccccc3CO2)cc1. The van der Waals surface area contributed by atoms with Crippen molar-refractivity contribution in [1.29, 1.82) is 0 Å². The molecule has 1 heterocycles. The lowest BCUT2D eigenvalue weighted by Crippen LogP contribution is -2.35. The van der Waals surface area contributed by atoms with E-state index in [-0.39, 0.29) is 0 Å². The zero-order valence-corrected chi connectivity index (χ0v) is 12.2. The van der Waals surface area contributed by atoms with Gasteiger partial charge in [0.05, 0.1) is 13.2 Å². The highest BCUT2D eigenvalue weighted by atomic mass is 16.6. The van der Waals surface area contributed by atoms with Crippen LogP contribution < -0.4 is 10.4 Å². The monoisotopic (exact) mass is 297 g/mol. The van der Waals surface area contributed by atoms with Crippen LogP contribution >= 0.6 is 0 Å². The van der Waals surface area contributed by atoms with Crippen molar-refractivity contribution in [1.82, 2.24) is 0 Å². The third kappa shape index (κ3) is 2.98. The summed E-state index contributed by atoms with van der Waals surface area (Å²) in [6.07, 6.45) is -0.995. The van der Waals surface area contributed by atoms with Crippen molar-refractivity contribution in [2.45, 2.75) is 13.2 Å². The zero-order chi connectivity index (χ0) is 15.5. The van der Waals surface area contributed by atoms with Crippen LogP contribution in [0.5, 0.6) is 0 Å². The Morgan fingerprint density at radius 2 is 1.59 bits per heavy atom. The number of fused-ring (bicyclic) bond motifs is 1. The highest BCUT2D eigenvalue weighted by molar-refractivity contribution is 6.61. The molecule has 0 spiro atoms.